The first-order valence-electron chi connectivity index (χ1n) is 5.58. The molecule has 16 heavy (non-hydrogen) atoms. The summed E-state index contributed by atoms with van der Waals surface area (Å²) in [5.74, 6) is -0.436. The van der Waals surface area contributed by atoms with E-state index in [2.05, 4.69) is 17.4 Å². The monoisotopic (exact) mass is 244 g/mol. The number of piperazine rings is 1. The highest BCUT2D eigenvalue weighted by molar-refractivity contribution is 7.80. The maximum Gasteiger partial charge on any atom is 0.244 e. The van der Waals surface area contributed by atoms with Gasteiger partial charge in [0.25, 0.3) is 0 Å². The summed E-state index contributed by atoms with van der Waals surface area (Å²) in [6, 6.07) is 0. The van der Waals surface area contributed by atoms with Crippen molar-refractivity contribution in [3.05, 3.63) is 0 Å². The highest BCUT2D eigenvalue weighted by Crippen LogP contribution is 2.04. The van der Waals surface area contributed by atoms with Crippen LogP contribution in [0.5, 0.6) is 0 Å². The highest BCUT2D eigenvalue weighted by Gasteiger charge is 2.22. The average molecular weight is 244 g/mol. The number of likely N-dealkylation sites (N-methyl/N-ethyl adjacent to an activating group) is 1. The first kappa shape index (κ1) is 13.3. The molecule has 0 aromatic heterocycles. The number of hydrogen-bond donors (Lipinski definition) is 2. The van der Waals surface area contributed by atoms with Crippen LogP contribution in [0.2, 0.25) is 0 Å². The van der Waals surface area contributed by atoms with Crippen LogP contribution in [0.3, 0.4) is 0 Å². The molecular formula is C10H20N4OS. The van der Waals surface area contributed by atoms with Crippen molar-refractivity contribution in [1.82, 2.24) is 15.3 Å². The first-order chi connectivity index (χ1) is 7.54. The Morgan fingerprint density at radius 2 is 2.00 bits per heavy atom. The van der Waals surface area contributed by atoms with E-state index in [-0.39, 0.29) is 16.8 Å². The molecule has 6 heteroatoms. The fraction of sp³-hybridized carbons (Fsp3) is 0.800. The lowest BCUT2D eigenvalue weighted by atomic mass is 10.1. The van der Waals surface area contributed by atoms with Crippen molar-refractivity contribution in [2.75, 3.05) is 33.2 Å². The van der Waals surface area contributed by atoms with Gasteiger partial charge in [0.15, 0.2) is 0 Å². The molecule has 1 fully saturated rings. The van der Waals surface area contributed by atoms with Crippen LogP contribution in [-0.4, -0.2) is 54.0 Å². The Kier molecular flexibility index (Phi) is 5.11. The zero-order valence-corrected chi connectivity index (χ0v) is 10.7. The van der Waals surface area contributed by atoms with Crippen molar-refractivity contribution < 1.29 is 4.79 Å². The molecule has 1 atom stereocenters. The minimum absolute atomic E-state index is 0.0837. The Morgan fingerprint density at radius 1 is 1.44 bits per heavy atom. The molecule has 0 spiro atoms. The Balaban J connectivity index is 2.41. The second-order valence-corrected chi connectivity index (χ2v) is 4.60. The maximum atomic E-state index is 11.8. The number of nitrogens with zero attached hydrogens (tertiary/aromatic N) is 2. The second-order valence-electron chi connectivity index (χ2n) is 4.13. The van der Waals surface area contributed by atoms with Crippen molar-refractivity contribution in [2.24, 2.45) is 11.7 Å². The van der Waals surface area contributed by atoms with Crippen LogP contribution in [0.15, 0.2) is 0 Å². The summed E-state index contributed by atoms with van der Waals surface area (Å²) < 4.78 is 0. The molecule has 0 bridgehead atoms. The molecule has 0 aromatic rings. The summed E-state index contributed by atoms with van der Waals surface area (Å²) >= 11 is 4.87. The molecule has 1 saturated heterocycles. The van der Waals surface area contributed by atoms with E-state index in [1.807, 2.05) is 11.9 Å². The molecule has 92 valence electrons. The van der Waals surface area contributed by atoms with Crippen LogP contribution in [-0.2, 0) is 4.79 Å². The summed E-state index contributed by atoms with van der Waals surface area (Å²) in [5.41, 5.74) is 8.39. The third kappa shape index (κ3) is 3.70. The van der Waals surface area contributed by atoms with Crippen LogP contribution < -0.4 is 11.2 Å². The van der Waals surface area contributed by atoms with Gasteiger partial charge < -0.3 is 10.6 Å². The molecule has 1 aliphatic heterocycles. The SMILES string of the molecule is CCC(C(=O)NN1CCN(C)CC1)C(N)=S. The molecular weight excluding hydrogens is 224 g/mol. The molecule has 1 amide bonds. The van der Waals surface area contributed by atoms with Crippen LogP contribution in [0.25, 0.3) is 0 Å². The summed E-state index contributed by atoms with van der Waals surface area (Å²) in [4.78, 5) is 14.3. The van der Waals surface area contributed by atoms with E-state index in [0.717, 1.165) is 26.2 Å². The molecule has 5 nitrogen and oxygen atoms in total. The highest BCUT2D eigenvalue weighted by atomic mass is 32.1. The van der Waals surface area contributed by atoms with Crippen molar-refractivity contribution in [2.45, 2.75) is 13.3 Å². The molecule has 1 aliphatic rings. The molecule has 0 radical (unpaired) electrons. The average Bonchev–Trinajstić information content (AvgIpc) is 2.22. The van der Waals surface area contributed by atoms with Crippen molar-refractivity contribution in [3.8, 4) is 0 Å². The summed E-state index contributed by atoms with van der Waals surface area (Å²) in [5, 5.41) is 1.93. The van der Waals surface area contributed by atoms with E-state index in [0.29, 0.717) is 6.42 Å². The molecule has 1 rings (SSSR count). The maximum absolute atomic E-state index is 11.8. The summed E-state index contributed by atoms with van der Waals surface area (Å²) in [6.45, 7) is 5.52. The molecule has 1 unspecified atom stereocenters. The quantitative estimate of drug-likeness (QED) is 0.658. The van der Waals surface area contributed by atoms with Crippen LogP contribution >= 0.6 is 12.2 Å². The lowest BCUT2D eigenvalue weighted by Gasteiger charge is -2.33. The number of nitrogens with one attached hydrogen (secondary N) is 1. The van der Waals surface area contributed by atoms with E-state index in [1.54, 1.807) is 0 Å². The molecule has 3 N–H and O–H groups in total. The van der Waals surface area contributed by atoms with Crippen molar-refractivity contribution in [1.29, 1.82) is 0 Å². The Bertz CT molecular complexity index is 264. The van der Waals surface area contributed by atoms with E-state index in [4.69, 9.17) is 18.0 Å². The standard InChI is InChI=1S/C10H20N4OS/c1-3-8(9(11)16)10(15)12-14-6-4-13(2)5-7-14/h8H,3-7H2,1-2H3,(H2,11,16)(H,12,15). The van der Waals surface area contributed by atoms with Gasteiger partial charge in [-0.2, -0.15) is 0 Å². The third-order valence-electron chi connectivity index (χ3n) is 2.84. The number of amides is 1. The lowest BCUT2D eigenvalue weighted by Crippen LogP contribution is -2.54. The van der Waals surface area contributed by atoms with Crippen LogP contribution in [0, 0.1) is 5.92 Å². The van der Waals surface area contributed by atoms with E-state index >= 15 is 0 Å². The molecule has 0 aliphatic carbocycles. The summed E-state index contributed by atoms with van der Waals surface area (Å²) in [7, 11) is 2.07. The largest absolute Gasteiger partial charge is 0.393 e. The van der Waals surface area contributed by atoms with Crippen molar-refractivity contribution >= 4 is 23.1 Å². The van der Waals surface area contributed by atoms with Gasteiger partial charge in [-0.15, -0.1) is 0 Å². The fourth-order valence-electron chi connectivity index (χ4n) is 1.67. The van der Waals surface area contributed by atoms with Gasteiger partial charge in [-0.25, -0.2) is 5.01 Å². The first-order valence-corrected chi connectivity index (χ1v) is 5.98. The third-order valence-corrected chi connectivity index (χ3v) is 3.12. The van der Waals surface area contributed by atoms with Gasteiger partial charge >= 0.3 is 0 Å². The summed E-state index contributed by atoms with van der Waals surface area (Å²) in [6.07, 6.45) is 0.648. The predicted octanol–water partition coefficient (Wildman–Crippen LogP) is -0.423. The number of carbonyl (C=O) groups is 1. The number of nitrogens with two attached hydrogens (primary N) is 1. The predicted molar refractivity (Wildman–Crippen MR) is 67.8 cm³/mol. The van der Waals surface area contributed by atoms with Gasteiger partial charge in [0.05, 0.1) is 10.9 Å². The van der Waals surface area contributed by atoms with Gasteiger partial charge in [-0.05, 0) is 13.5 Å². The minimum atomic E-state index is -0.352. The van der Waals surface area contributed by atoms with Gasteiger partial charge in [0.2, 0.25) is 5.91 Å². The lowest BCUT2D eigenvalue weighted by molar-refractivity contribution is -0.128. The Labute approximate surface area is 102 Å². The molecule has 0 saturated carbocycles. The number of thiocarbonyl (C=S) groups is 1. The van der Waals surface area contributed by atoms with E-state index in [9.17, 15) is 4.79 Å². The number of rotatable bonds is 4. The topological polar surface area (TPSA) is 61.6 Å². The number of hydrogen-bond acceptors (Lipinski definition) is 4. The van der Waals surface area contributed by atoms with Crippen molar-refractivity contribution in [3.63, 3.8) is 0 Å². The van der Waals surface area contributed by atoms with Gasteiger partial charge in [-0.1, -0.05) is 19.1 Å². The van der Waals surface area contributed by atoms with Gasteiger partial charge in [0.1, 0.15) is 0 Å². The number of hydrazine groups is 1. The van der Waals surface area contributed by atoms with E-state index in [1.165, 1.54) is 0 Å². The molecule has 0 aromatic carbocycles. The number of carbonyl (C=O) groups excluding carboxylic acids is 1. The van der Waals surface area contributed by atoms with Gasteiger partial charge in [0, 0.05) is 26.2 Å². The molecule has 1 heterocycles. The Hall–Kier alpha value is -0.720. The Morgan fingerprint density at radius 3 is 2.44 bits per heavy atom. The van der Waals surface area contributed by atoms with Crippen LogP contribution in [0.4, 0.5) is 0 Å². The zero-order chi connectivity index (χ0) is 12.1. The smallest absolute Gasteiger partial charge is 0.244 e. The fourth-order valence-corrected chi connectivity index (χ4v) is 1.94. The van der Waals surface area contributed by atoms with Crippen LogP contribution in [0.1, 0.15) is 13.3 Å². The minimum Gasteiger partial charge on any atom is -0.393 e. The van der Waals surface area contributed by atoms with E-state index < -0.39 is 0 Å². The second kappa shape index (κ2) is 6.12. The van der Waals surface area contributed by atoms with Gasteiger partial charge in [-0.3, -0.25) is 10.2 Å². The zero-order valence-electron chi connectivity index (χ0n) is 9.90. The normalized spacial score (nSPS) is 20.4.